The number of carbonyl (C=O) groups is 2. The van der Waals surface area contributed by atoms with E-state index in [1.165, 1.54) is 51.9 Å². The zero-order valence-corrected chi connectivity index (χ0v) is 23.8. The minimum Gasteiger partial charge on any atom is -0.473 e. The van der Waals surface area contributed by atoms with E-state index < -0.39 is 12.4 Å². The van der Waals surface area contributed by atoms with Crippen molar-refractivity contribution in [3.63, 3.8) is 0 Å². The van der Waals surface area contributed by atoms with Gasteiger partial charge in [0.25, 0.3) is 0 Å². The minimum absolute atomic E-state index is 0.135. The second-order valence-corrected chi connectivity index (χ2v) is 10.1. The Hall–Kier alpha value is -4.85. The van der Waals surface area contributed by atoms with Crippen LogP contribution in [0.15, 0.2) is 78.0 Å². The fourth-order valence-corrected chi connectivity index (χ4v) is 5.17. The monoisotopic (exact) mass is 610 g/mol. The van der Waals surface area contributed by atoms with Crippen molar-refractivity contribution in [1.82, 2.24) is 20.1 Å². The summed E-state index contributed by atoms with van der Waals surface area (Å²) in [6.45, 7) is 3.77. The van der Waals surface area contributed by atoms with E-state index in [1.54, 1.807) is 24.3 Å². The van der Waals surface area contributed by atoms with Gasteiger partial charge in [-0.05, 0) is 73.0 Å². The molecule has 0 unspecified atom stereocenters. The molecule has 10 nitrogen and oxygen atoms in total. The van der Waals surface area contributed by atoms with Gasteiger partial charge in [-0.15, -0.1) is 18.3 Å². The number of aliphatic imine (C=N–C) groups is 1. The molecular weight excluding hydrogens is 585 g/mol. The number of anilines is 1. The molecule has 0 bridgehead atoms. The van der Waals surface area contributed by atoms with Crippen LogP contribution in [0.3, 0.4) is 0 Å². The largest absolute Gasteiger partial charge is 0.573 e. The third-order valence-electron chi connectivity index (χ3n) is 6.29. The number of carbonyl (C=O) groups excluding carboxylic acids is 2. The smallest absolute Gasteiger partial charge is 0.473 e. The summed E-state index contributed by atoms with van der Waals surface area (Å²) in [5.41, 5.74) is 3.85. The predicted molar refractivity (Wildman–Crippen MR) is 155 cm³/mol. The van der Waals surface area contributed by atoms with Crippen molar-refractivity contribution in [2.24, 2.45) is 4.99 Å². The Balaban J connectivity index is 1.17. The number of ether oxygens (including phenoxy) is 2. The van der Waals surface area contributed by atoms with Gasteiger partial charge in [0.05, 0.1) is 17.1 Å². The first-order valence-corrected chi connectivity index (χ1v) is 14.0. The molecule has 1 N–H and O–H groups in total. The lowest BCUT2D eigenvalue weighted by molar-refractivity contribution is -0.274. The molecule has 14 heteroatoms. The zero-order valence-electron chi connectivity index (χ0n) is 23.0. The van der Waals surface area contributed by atoms with E-state index in [4.69, 9.17) is 4.74 Å². The number of urea groups is 1. The molecule has 0 atom stereocenters. The van der Waals surface area contributed by atoms with Crippen LogP contribution in [0.2, 0.25) is 0 Å². The quantitative estimate of drug-likeness (QED) is 0.248. The zero-order chi connectivity index (χ0) is 30.6. The van der Waals surface area contributed by atoms with Crippen LogP contribution in [-0.2, 0) is 11.2 Å². The topological polar surface area (TPSA) is 111 Å². The van der Waals surface area contributed by atoms with Gasteiger partial charge in [-0.2, -0.15) is 4.99 Å². The fraction of sp³-hybridized carbons (Fsp3) is 0.207. The number of hydrogen-bond acceptors (Lipinski definition) is 7. The Labute approximate surface area is 248 Å². The lowest BCUT2D eigenvalue weighted by atomic mass is 10.0. The van der Waals surface area contributed by atoms with Crippen molar-refractivity contribution in [2.75, 3.05) is 17.4 Å². The van der Waals surface area contributed by atoms with Crippen molar-refractivity contribution in [1.29, 1.82) is 0 Å². The molecule has 1 saturated heterocycles. The molecule has 1 aromatic heterocycles. The number of alkyl halides is 3. The third kappa shape index (κ3) is 7.15. The van der Waals surface area contributed by atoms with Gasteiger partial charge < -0.3 is 14.8 Å². The Morgan fingerprint density at radius 2 is 1.79 bits per heavy atom. The number of halogens is 3. The number of aromatic nitrogens is 3. The van der Waals surface area contributed by atoms with Crippen molar-refractivity contribution in [3.8, 4) is 28.6 Å². The summed E-state index contributed by atoms with van der Waals surface area (Å²) in [4.78, 5) is 35.1. The lowest BCUT2D eigenvalue weighted by Crippen LogP contribution is -2.33. The first-order chi connectivity index (χ1) is 20.6. The van der Waals surface area contributed by atoms with Gasteiger partial charge >= 0.3 is 12.4 Å². The highest BCUT2D eigenvalue weighted by Crippen LogP contribution is 2.33. The number of nitrogens with one attached hydrogen (secondary N) is 1. The molecule has 1 aliphatic rings. The van der Waals surface area contributed by atoms with Crippen molar-refractivity contribution < 1.29 is 32.2 Å². The first-order valence-electron chi connectivity index (χ1n) is 13.0. The normalized spacial score (nSPS) is 14.3. The van der Waals surface area contributed by atoms with Gasteiger partial charge in [0.15, 0.2) is 17.7 Å². The third-order valence-corrected chi connectivity index (χ3v) is 7.21. The number of para-hydroxylation sites is 1. The second-order valence-electron chi connectivity index (χ2n) is 9.20. The molecule has 3 amide bonds. The maximum Gasteiger partial charge on any atom is 0.573 e. The highest BCUT2D eigenvalue weighted by molar-refractivity contribution is 8.15. The van der Waals surface area contributed by atoms with E-state index in [0.29, 0.717) is 28.0 Å². The number of benzene rings is 3. The van der Waals surface area contributed by atoms with Crippen LogP contribution in [0.1, 0.15) is 18.1 Å². The number of nitrogens with zero attached hydrogens (tertiary/aromatic N) is 5. The van der Waals surface area contributed by atoms with Crippen molar-refractivity contribution in [2.45, 2.75) is 26.6 Å². The average molecular weight is 611 g/mol. The van der Waals surface area contributed by atoms with Gasteiger partial charge in [-0.25, -0.2) is 14.5 Å². The number of amidine groups is 1. The van der Waals surface area contributed by atoms with Crippen molar-refractivity contribution in [3.05, 3.63) is 84.2 Å². The van der Waals surface area contributed by atoms with E-state index in [9.17, 15) is 22.8 Å². The molecule has 43 heavy (non-hydrogen) atoms. The highest BCUT2D eigenvalue weighted by atomic mass is 32.2. The molecule has 0 radical (unpaired) electrons. The maximum atomic E-state index is 12.7. The predicted octanol–water partition coefficient (Wildman–Crippen LogP) is 5.89. The summed E-state index contributed by atoms with van der Waals surface area (Å²) in [5, 5.41) is 7.25. The Bertz CT molecular complexity index is 1660. The van der Waals surface area contributed by atoms with Gasteiger partial charge in [0.2, 0.25) is 5.91 Å². The Morgan fingerprint density at radius 1 is 1.07 bits per heavy atom. The van der Waals surface area contributed by atoms with Crippen LogP contribution >= 0.6 is 11.8 Å². The second kappa shape index (κ2) is 12.6. The van der Waals surface area contributed by atoms with E-state index in [0.717, 1.165) is 23.2 Å². The van der Waals surface area contributed by atoms with E-state index in [2.05, 4.69) is 25.1 Å². The van der Waals surface area contributed by atoms with Gasteiger partial charge in [-0.3, -0.25) is 9.69 Å². The van der Waals surface area contributed by atoms with Crippen LogP contribution in [0.5, 0.6) is 11.5 Å². The van der Waals surface area contributed by atoms with Crippen LogP contribution in [0.4, 0.5) is 23.7 Å². The van der Waals surface area contributed by atoms with Gasteiger partial charge in [0.1, 0.15) is 17.8 Å². The van der Waals surface area contributed by atoms with Gasteiger partial charge in [0, 0.05) is 5.56 Å². The van der Waals surface area contributed by atoms with E-state index in [1.807, 2.05) is 32.0 Å². The van der Waals surface area contributed by atoms with Crippen LogP contribution in [0.25, 0.3) is 17.1 Å². The number of hydrogen-bond donors (Lipinski definition) is 1. The van der Waals surface area contributed by atoms with Gasteiger partial charge in [-0.1, -0.05) is 36.9 Å². The summed E-state index contributed by atoms with van der Waals surface area (Å²) in [7, 11) is 0. The standard InChI is InChI=1S/C29H25F3N6O4S/c1-3-19-6-4-5-18(2)25(19)38-24(39)15-43-28(38)35-27(40)34-17-41-22-11-7-20(8-12-22)26-33-16-37(36-26)21-9-13-23(14-10-21)42-29(30,31)32/h4-14,16H,3,15,17H2,1-2H3,(H,34,40)/b35-28-. The molecule has 0 aliphatic carbocycles. The maximum absolute atomic E-state index is 12.7. The molecule has 1 aliphatic heterocycles. The number of thioether (sulfide) groups is 1. The number of aryl methyl sites for hydroxylation is 2. The highest BCUT2D eigenvalue weighted by Gasteiger charge is 2.33. The summed E-state index contributed by atoms with van der Waals surface area (Å²) in [5.74, 6) is 0.584. The lowest BCUT2D eigenvalue weighted by Gasteiger charge is -2.21. The summed E-state index contributed by atoms with van der Waals surface area (Å²) in [6, 6.07) is 17.2. The van der Waals surface area contributed by atoms with E-state index in [-0.39, 0.29) is 24.1 Å². The average Bonchev–Trinajstić information content (AvgIpc) is 3.60. The summed E-state index contributed by atoms with van der Waals surface area (Å²) >= 11 is 1.21. The molecule has 4 aromatic rings. The molecule has 222 valence electrons. The number of amides is 3. The molecule has 0 spiro atoms. The Kier molecular flexibility index (Phi) is 8.66. The minimum atomic E-state index is -4.77. The summed E-state index contributed by atoms with van der Waals surface area (Å²) < 4.78 is 48.1. The SMILES string of the molecule is CCc1cccc(C)c1N1C(=O)CS/C1=N\C(=O)NCOc1ccc(-c2ncn(-c3ccc(OC(F)(F)F)cc3)n2)cc1. The van der Waals surface area contributed by atoms with Crippen LogP contribution in [0, 0.1) is 6.92 Å². The summed E-state index contributed by atoms with van der Waals surface area (Å²) in [6.07, 6.45) is -2.60. The van der Waals surface area contributed by atoms with Crippen LogP contribution < -0.4 is 19.7 Å². The van der Waals surface area contributed by atoms with Crippen molar-refractivity contribution >= 4 is 34.6 Å². The first kappa shape index (κ1) is 29.6. The van der Waals surface area contributed by atoms with Crippen LogP contribution in [-0.4, -0.2) is 50.7 Å². The molecular formula is C29H25F3N6O4S. The molecule has 1 fully saturated rings. The number of rotatable bonds is 8. The fourth-order valence-electron chi connectivity index (χ4n) is 4.32. The Morgan fingerprint density at radius 3 is 2.49 bits per heavy atom. The molecule has 5 rings (SSSR count). The molecule has 3 aromatic carbocycles. The molecule has 0 saturated carbocycles. The molecule has 2 heterocycles. The van der Waals surface area contributed by atoms with E-state index >= 15 is 0 Å².